The van der Waals surface area contributed by atoms with Crippen LogP contribution >= 0.6 is 0 Å². The molecule has 2 atom stereocenters. The first-order chi connectivity index (χ1) is 13.5. The zero-order chi connectivity index (χ0) is 19.7. The third-order valence-corrected chi connectivity index (χ3v) is 8.14. The van der Waals surface area contributed by atoms with Crippen LogP contribution in [0.5, 0.6) is 5.75 Å². The first-order valence-corrected chi connectivity index (χ1v) is 11.5. The van der Waals surface area contributed by atoms with E-state index in [4.69, 9.17) is 9.47 Å². The van der Waals surface area contributed by atoms with Crippen LogP contribution in [0.1, 0.15) is 32.1 Å². The highest BCUT2D eigenvalue weighted by atomic mass is 32.2. The molecule has 2 fully saturated rings. The van der Waals surface area contributed by atoms with Crippen LogP contribution < -0.4 is 4.74 Å². The minimum absolute atomic E-state index is 0.151. The zero-order valence-electron chi connectivity index (χ0n) is 16.2. The molecule has 1 amide bonds. The molecule has 28 heavy (non-hydrogen) atoms. The smallest absolute Gasteiger partial charge is 0.247 e. The maximum Gasteiger partial charge on any atom is 0.247 e. The predicted molar refractivity (Wildman–Crippen MR) is 104 cm³/mol. The summed E-state index contributed by atoms with van der Waals surface area (Å²) in [5, 5.41) is 0. The number of amides is 1. The highest BCUT2D eigenvalue weighted by molar-refractivity contribution is 7.89. The van der Waals surface area contributed by atoms with Gasteiger partial charge in [0.15, 0.2) is 0 Å². The predicted octanol–water partition coefficient (Wildman–Crippen LogP) is 1.88. The van der Waals surface area contributed by atoms with Crippen LogP contribution in [0.25, 0.3) is 0 Å². The van der Waals surface area contributed by atoms with Gasteiger partial charge in [0, 0.05) is 39.1 Å². The normalized spacial score (nSPS) is 27.5. The molecule has 2 heterocycles. The van der Waals surface area contributed by atoms with E-state index in [1.807, 2.05) is 4.90 Å². The third-order valence-electron chi connectivity index (χ3n) is 6.17. The van der Waals surface area contributed by atoms with E-state index in [2.05, 4.69) is 0 Å². The number of rotatable bonds is 4. The summed E-state index contributed by atoms with van der Waals surface area (Å²) in [5.41, 5.74) is 0. The van der Waals surface area contributed by atoms with Crippen molar-refractivity contribution in [2.24, 2.45) is 5.92 Å². The van der Waals surface area contributed by atoms with Crippen molar-refractivity contribution in [3.63, 3.8) is 0 Å². The number of nitrogens with zero attached hydrogens (tertiary/aromatic N) is 2. The zero-order valence-corrected chi connectivity index (χ0v) is 17.1. The molecular weight excluding hydrogens is 380 g/mol. The quantitative estimate of drug-likeness (QED) is 0.760. The maximum absolute atomic E-state index is 13.4. The average Bonchev–Trinajstić information content (AvgIpc) is 2.88. The Morgan fingerprint density at radius 2 is 1.93 bits per heavy atom. The number of sulfonamides is 1. The molecule has 1 aliphatic carbocycles. The van der Waals surface area contributed by atoms with Crippen molar-refractivity contribution >= 4 is 15.9 Å². The van der Waals surface area contributed by atoms with Gasteiger partial charge in [-0.25, -0.2) is 8.42 Å². The molecule has 0 radical (unpaired) electrons. The van der Waals surface area contributed by atoms with Crippen LogP contribution in [0.4, 0.5) is 0 Å². The van der Waals surface area contributed by atoms with Crippen molar-refractivity contribution in [3.05, 3.63) is 24.3 Å². The van der Waals surface area contributed by atoms with E-state index in [0.29, 0.717) is 38.3 Å². The molecule has 0 aromatic heterocycles. The highest BCUT2D eigenvalue weighted by Crippen LogP contribution is 2.37. The van der Waals surface area contributed by atoms with Gasteiger partial charge in [0.2, 0.25) is 15.9 Å². The van der Waals surface area contributed by atoms with Gasteiger partial charge in [0.05, 0.1) is 12.6 Å². The summed E-state index contributed by atoms with van der Waals surface area (Å²) in [6.07, 6.45) is 3.98. The summed E-state index contributed by atoms with van der Waals surface area (Å²) in [6.45, 7) is 1.76. The molecule has 1 aromatic rings. The van der Waals surface area contributed by atoms with Crippen molar-refractivity contribution in [1.29, 1.82) is 0 Å². The number of benzene rings is 1. The molecule has 0 N–H and O–H groups in total. The van der Waals surface area contributed by atoms with Gasteiger partial charge in [-0.2, -0.15) is 4.31 Å². The SMILES string of the molecule is COCCN1[C@@H]2CCN(C(=O)C3CCC3)CC[C@H]2Oc2ccccc2S1(=O)=O. The number of para-hydroxylation sites is 1. The van der Waals surface area contributed by atoms with E-state index in [1.165, 1.54) is 4.31 Å². The molecule has 0 bridgehead atoms. The summed E-state index contributed by atoms with van der Waals surface area (Å²) in [5.74, 6) is 0.767. The molecule has 0 unspecified atom stereocenters. The third kappa shape index (κ3) is 3.53. The molecule has 154 valence electrons. The fourth-order valence-electron chi connectivity index (χ4n) is 4.36. The lowest BCUT2D eigenvalue weighted by atomic mass is 9.84. The lowest BCUT2D eigenvalue weighted by Crippen LogP contribution is -2.48. The van der Waals surface area contributed by atoms with Crippen LogP contribution in [0, 0.1) is 5.92 Å². The Morgan fingerprint density at radius 3 is 2.64 bits per heavy atom. The molecule has 3 aliphatic rings. The Labute approximate surface area is 166 Å². The number of fused-ring (bicyclic) bond motifs is 2. The minimum Gasteiger partial charge on any atom is -0.487 e. The Bertz CT molecular complexity index is 824. The van der Waals surface area contributed by atoms with E-state index in [0.717, 1.165) is 19.3 Å². The summed E-state index contributed by atoms with van der Waals surface area (Å²) in [7, 11) is -2.13. The topological polar surface area (TPSA) is 76.2 Å². The molecule has 1 saturated carbocycles. The number of methoxy groups -OCH3 is 1. The average molecular weight is 409 g/mol. The summed E-state index contributed by atoms with van der Waals surface area (Å²) < 4.78 is 39.7. The number of likely N-dealkylation sites (tertiary alicyclic amines) is 1. The fourth-order valence-corrected chi connectivity index (χ4v) is 6.14. The Balaban J connectivity index is 1.64. The molecule has 1 saturated heterocycles. The van der Waals surface area contributed by atoms with Gasteiger partial charge in [-0.3, -0.25) is 4.79 Å². The largest absolute Gasteiger partial charge is 0.487 e. The number of hydrogen-bond acceptors (Lipinski definition) is 5. The van der Waals surface area contributed by atoms with E-state index in [1.54, 1.807) is 31.4 Å². The molecule has 4 rings (SSSR count). The standard InChI is InChI=1S/C20H28N2O5S/c1-26-14-13-22-16-9-11-21(20(23)15-5-4-6-15)12-10-17(16)27-18-7-2-3-8-19(18)28(22,24)25/h2-3,7-8,15-17H,4-6,9-14H2,1H3/t16-,17-/m1/s1. The van der Waals surface area contributed by atoms with E-state index in [9.17, 15) is 13.2 Å². The van der Waals surface area contributed by atoms with Crippen molar-refractivity contribution in [3.8, 4) is 5.75 Å². The van der Waals surface area contributed by atoms with Crippen LogP contribution in [0.3, 0.4) is 0 Å². The Morgan fingerprint density at radius 1 is 1.18 bits per heavy atom. The van der Waals surface area contributed by atoms with Crippen LogP contribution in [0.15, 0.2) is 29.2 Å². The van der Waals surface area contributed by atoms with E-state index in [-0.39, 0.29) is 35.4 Å². The number of hydrogen-bond donors (Lipinski definition) is 0. The van der Waals surface area contributed by atoms with Crippen LogP contribution in [-0.4, -0.2) is 69.0 Å². The number of carbonyl (C=O) groups is 1. The van der Waals surface area contributed by atoms with Crippen molar-refractivity contribution in [2.45, 2.75) is 49.1 Å². The highest BCUT2D eigenvalue weighted by Gasteiger charge is 2.44. The molecule has 1 aromatic carbocycles. The molecular formula is C20H28N2O5S. The Kier molecular flexibility index (Phi) is 5.62. The second-order valence-corrected chi connectivity index (χ2v) is 9.67. The van der Waals surface area contributed by atoms with Crippen LogP contribution in [-0.2, 0) is 19.6 Å². The van der Waals surface area contributed by atoms with Gasteiger partial charge in [-0.1, -0.05) is 18.6 Å². The Hall–Kier alpha value is -1.64. The monoisotopic (exact) mass is 408 g/mol. The molecule has 8 heteroatoms. The van der Waals surface area contributed by atoms with Gasteiger partial charge < -0.3 is 14.4 Å². The first kappa shape index (κ1) is 19.7. The van der Waals surface area contributed by atoms with Gasteiger partial charge in [-0.15, -0.1) is 0 Å². The van der Waals surface area contributed by atoms with Crippen LogP contribution in [0.2, 0.25) is 0 Å². The molecule has 2 aliphatic heterocycles. The summed E-state index contributed by atoms with van der Waals surface area (Å²) in [4.78, 5) is 14.8. The lowest BCUT2D eigenvalue weighted by molar-refractivity contribution is -0.138. The van der Waals surface area contributed by atoms with Gasteiger partial charge in [0.1, 0.15) is 16.7 Å². The lowest BCUT2D eigenvalue weighted by Gasteiger charge is -2.32. The van der Waals surface area contributed by atoms with Crippen molar-refractivity contribution < 1.29 is 22.7 Å². The summed E-state index contributed by atoms with van der Waals surface area (Å²) in [6, 6.07) is 6.51. The second-order valence-electron chi connectivity index (χ2n) is 7.81. The molecule has 7 nitrogen and oxygen atoms in total. The van der Waals surface area contributed by atoms with Gasteiger partial charge >= 0.3 is 0 Å². The van der Waals surface area contributed by atoms with Crippen molar-refractivity contribution in [2.75, 3.05) is 33.4 Å². The second kappa shape index (κ2) is 8.00. The molecule has 0 spiro atoms. The van der Waals surface area contributed by atoms with Crippen molar-refractivity contribution in [1.82, 2.24) is 9.21 Å². The van der Waals surface area contributed by atoms with E-state index < -0.39 is 10.0 Å². The van der Waals surface area contributed by atoms with Gasteiger partial charge in [-0.05, 0) is 31.4 Å². The minimum atomic E-state index is -3.70. The number of ether oxygens (including phenoxy) is 2. The van der Waals surface area contributed by atoms with E-state index >= 15 is 0 Å². The first-order valence-electron chi connectivity index (χ1n) is 10.1. The number of carbonyl (C=O) groups excluding carboxylic acids is 1. The fraction of sp³-hybridized carbons (Fsp3) is 0.650. The summed E-state index contributed by atoms with van der Waals surface area (Å²) >= 11 is 0. The van der Waals surface area contributed by atoms with Gasteiger partial charge in [0.25, 0.3) is 0 Å². The maximum atomic E-state index is 13.4.